The lowest BCUT2D eigenvalue weighted by molar-refractivity contribution is -0.140. The number of ether oxygens (including phenoxy) is 1. The Hall–Kier alpha value is -2.56. The number of sulfone groups is 1. The molecule has 2 amide bonds. The number of para-hydroxylation sites is 1. The second-order valence-corrected chi connectivity index (χ2v) is 6.93. The van der Waals surface area contributed by atoms with Crippen LogP contribution in [0.5, 0.6) is 0 Å². The number of nitrogens with one attached hydrogen (secondary N) is 2. The lowest BCUT2D eigenvalue weighted by Crippen LogP contribution is -2.36. The number of rotatable bonds is 8. The fourth-order valence-electron chi connectivity index (χ4n) is 1.87. The van der Waals surface area contributed by atoms with Gasteiger partial charge in [0.1, 0.15) is 0 Å². The van der Waals surface area contributed by atoms with Gasteiger partial charge in [0.05, 0.1) is 17.7 Å². The number of halogens is 2. The highest BCUT2D eigenvalue weighted by Crippen LogP contribution is 2.25. The highest BCUT2D eigenvalue weighted by molar-refractivity contribution is 7.91. The van der Waals surface area contributed by atoms with Gasteiger partial charge in [-0.2, -0.15) is 8.78 Å². The van der Waals surface area contributed by atoms with Crippen LogP contribution in [0.3, 0.4) is 0 Å². The van der Waals surface area contributed by atoms with E-state index >= 15 is 0 Å². The second-order valence-electron chi connectivity index (χ2n) is 5.05. The molecule has 0 aliphatic rings. The molecule has 2 N–H and O–H groups in total. The summed E-state index contributed by atoms with van der Waals surface area (Å²) < 4.78 is 53.0. The van der Waals surface area contributed by atoms with Gasteiger partial charge in [-0.3, -0.25) is 14.4 Å². The predicted octanol–water partition coefficient (Wildman–Crippen LogP) is 1.08. The van der Waals surface area contributed by atoms with Crippen molar-refractivity contribution in [3.05, 3.63) is 24.3 Å². The molecule has 0 spiro atoms. The van der Waals surface area contributed by atoms with Gasteiger partial charge in [-0.1, -0.05) is 12.1 Å². The predicted molar refractivity (Wildman–Crippen MR) is 87.1 cm³/mol. The Labute approximate surface area is 148 Å². The zero-order chi connectivity index (χ0) is 19.7. The number of methoxy groups -OCH3 is 1. The standard InChI is InChI=1S/C15H18F2N2O6S/c1-25-12(20)8-4-5-9-18-13(21)14(22)19-10-6-2-3-7-11(10)26(23,24)15(16)17/h2-3,6-7,15H,4-5,8-9H2,1H3,(H,18,21)(H,19,22). The first-order valence-corrected chi connectivity index (χ1v) is 9.02. The van der Waals surface area contributed by atoms with Gasteiger partial charge in [-0.25, -0.2) is 8.42 Å². The van der Waals surface area contributed by atoms with E-state index in [9.17, 15) is 31.6 Å². The van der Waals surface area contributed by atoms with Crippen LogP contribution in [0.15, 0.2) is 29.2 Å². The maximum absolute atomic E-state index is 12.7. The Morgan fingerprint density at radius 3 is 2.38 bits per heavy atom. The molecule has 0 saturated heterocycles. The van der Waals surface area contributed by atoms with Crippen LogP contribution in [0, 0.1) is 0 Å². The lowest BCUT2D eigenvalue weighted by atomic mass is 10.2. The van der Waals surface area contributed by atoms with E-state index in [0.29, 0.717) is 12.8 Å². The number of unbranched alkanes of at least 4 members (excludes halogenated alkanes) is 1. The number of benzene rings is 1. The molecule has 1 rings (SSSR count). The average molecular weight is 392 g/mol. The lowest BCUT2D eigenvalue weighted by Gasteiger charge is -2.11. The molecule has 0 bridgehead atoms. The van der Waals surface area contributed by atoms with Crippen molar-refractivity contribution in [2.45, 2.75) is 29.9 Å². The maximum Gasteiger partial charge on any atom is 0.341 e. The number of alkyl halides is 2. The quantitative estimate of drug-likeness (QED) is 0.388. The van der Waals surface area contributed by atoms with Crippen LogP contribution in [-0.4, -0.2) is 45.6 Å². The molecule has 0 unspecified atom stereocenters. The zero-order valence-corrected chi connectivity index (χ0v) is 14.6. The van der Waals surface area contributed by atoms with Crippen molar-refractivity contribution < 1.29 is 36.3 Å². The molecule has 0 aliphatic carbocycles. The van der Waals surface area contributed by atoms with Crippen molar-refractivity contribution in [3.63, 3.8) is 0 Å². The molecule has 0 heterocycles. The van der Waals surface area contributed by atoms with Crippen LogP contribution in [0.25, 0.3) is 0 Å². The Balaban J connectivity index is 2.63. The number of amides is 2. The van der Waals surface area contributed by atoms with Gasteiger partial charge in [0, 0.05) is 13.0 Å². The topological polar surface area (TPSA) is 119 Å². The molecule has 0 atom stereocenters. The number of hydrogen-bond acceptors (Lipinski definition) is 6. The smallest absolute Gasteiger partial charge is 0.341 e. The van der Waals surface area contributed by atoms with Gasteiger partial charge in [0.15, 0.2) is 0 Å². The number of carbonyl (C=O) groups is 3. The maximum atomic E-state index is 12.7. The highest BCUT2D eigenvalue weighted by Gasteiger charge is 2.30. The molecule has 0 radical (unpaired) electrons. The first kappa shape index (κ1) is 21.5. The highest BCUT2D eigenvalue weighted by atomic mass is 32.2. The van der Waals surface area contributed by atoms with Crippen LogP contribution < -0.4 is 10.6 Å². The number of esters is 1. The third kappa shape index (κ3) is 6.06. The van der Waals surface area contributed by atoms with Crippen LogP contribution in [-0.2, 0) is 29.0 Å². The first-order valence-electron chi connectivity index (χ1n) is 7.47. The van der Waals surface area contributed by atoms with E-state index in [-0.39, 0.29) is 13.0 Å². The van der Waals surface area contributed by atoms with Crippen molar-refractivity contribution in [1.29, 1.82) is 0 Å². The fraction of sp³-hybridized carbons (Fsp3) is 0.400. The summed E-state index contributed by atoms with van der Waals surface area (Å²) in [6, 6.07) is 4.54. The zero-order valence-electron chi connectivity index (χ0n) is 13.8. The van der Waals surface area contributed by atoms with E-state index in [1.165, 1.54) is 19.2 Å². The van der Waals surface area contributed by atoms with E-state index in [1.807, 2.05) is 5.32 Å². The van der Waals surface area contributed by atoms with E-state index < -0.39 is 44.0 Å². The first-order chi connectivity index (χ1) is 12.2. The Kier molecular flexibility index (Phi) is 8.10. The minimum absolute atomic E-state index is 0.0974. The normalized spacial score (nSPS) is 11.1. The van der Waals surface area contributed by atoms with Gasteiger partial charge < -0.3 is 15.4 Å². The number of anilines is 1. The largest absolute Gasteiger partial charge is 0.469 e. The van der Waals surface area contributed by atoms with Crippen molar-refractivity contribution in [3.8, 4) is 0 Å². The van der Waals surface area contributed by atoms with E-state index in [0.717, 1.165) is 12.1 Å². The van der Waals surface area contributed by atoms with Crippen molar-refractivity contribution in [2.75, 3.05) is 19.0 Å². The third-order valence-corrected chi connectivity index (χ3v) is 4.64. The second kappa shape index (κ2) is 9.80. The molecule has 26 heavy (non-hydrogen) atoms. The minimum Gasteiger partial charge on any atom is -0.469 e. The monoisotopic (exact) mass is 392 g/mol. The Morgan fingerprint density at radius 2 is 1.77 bits per heavy atom. The Bertz CT molecular complexity index is 767. The Morgan fingerprint density at radius 1 is 1.12 bits per heavy atom. The summed E-state index contributed by atoms with van der Waals surface area (Å²) in [5.74, 6) is -6.32. The summed E-state index contributed by atoms with van der Waals surface area (Å²) in [6.45, 7) is 0.0974. The van der Waals surface area contributed by atoms with Crippen LogP contribution in [0.2, 0.25) is 0 Å². The van der Waals surface area contributed by atoms with Gasteiger partial charge in [0.2, 0.25) is 9.84 Å². The van der Waals surface area contributed by atoms with Crippen molar-refractivity contribution in [1.82, 2.24) is 5.32 Å². The van der Waals surface area contributed by atoms with Crippen LogP contribution >= 0.6 is 0 Å². The summed E-state index contributed by atoms with van der Waals surface area (Å²) in [7, 11) is -3.69. The van der Waals surface area contributed by atoms with Gasteiger partial charge >= 0.3 is 23.5 Å². The summed E-state index contributed by atoms with van der Waals surface area (Å²) in [4.78, 5) is 33.6. The molecule has 0 fully saturated rings. The molecule has 8 nitrogen and oxygen atoms in total. The molecule has 0 aliphatic heterocycles. The molecule has 0 aromatic heterocycles. The molecule has 11 heteroatoms. The summed E-state index contributed by atoms with van der Waals surface area (Å²) in [6.07, 6.45) is 1.01. The molecule has 144 valence electrons. The number of carbonyl (C=O) groups excluding carboxylic acids is 3. The van der Waals surface area contributed by atoms with Gasteiger partial charge in [0.25, 0.3) is 0 Å². The van der Waals surface area contributed by atoms with E-state index in [4.69, 9.17) is 0 Å². The van der Waals surface area contributed by atoms with Crippen molar-refractivity contribution in [2.24, 2.45) is 0 Å². The van der Waals surface area contributed by atoms with E-state index in [1.54, 1.807) is 0 Å². The SMILES string of the molecule is COC(=O)CCCCNC(=O)C(=O)Nc1ccccc1S(=O)(=O)C(F)F. The molecule has 1 aromatic carbocycles. The summed E-state index contributed by atoms with van der Waals surface area (Å²) in [5, 5.41) is 4.28. The molecular weight excluding hydrogens is 374 g/mol. The van der Waals surface area contributed by atoms with Gasteiger partial charge in [-0.15, -0.1) is 0 Å². The van der Waals surface area contributed by atoms with E-state index in [2.05, 4.69) is 10.1 Å². The van der Waals surface area contributed by atoms with Crippen LogP contribution in [0.1, 0.15) is 19.3 Å². The van der Waals surface area contributed by atoms with Gasteiger partial charge in [-0.05, 0) is 25.0 Å². The molecule has 1 aromatic rings. The minimum atomic E-state index is -4.94. The van der Waals surface area contributed by atoms with Crippen molar-refractivity contribution >= 4 is 33.3 Å². The summed E-state index contributed by atoms with van der Waals surface area (Å²) >= 11 is 0. The number of hydrogen-bond donors (Lipinski definition) is 2. The summed E-state index contributed by atoms with van der Waals surface area (Å²) in [5.41, 5.74) is -0.418. The van der Waals surface area contributed by atoms with Crippen LogP contribution in [0.4, 0.5) is 14.5 Å². The third-order valence-electron chi connectivity index (χ3n) is 3.20. The molecular formula is C15H18F2N2O6S. The fourth-order valence-corrected chi connectivity index (χ4v) is 2.76. The average Bonchev–Trinajstić information content (AvgIpc) is 2.61. The molecule has 0 saturated carbocycles.